The van der Waals surface area contributed by atoms with Crippen LogP contribution in [0.2, 0.25) is 10.3 Å². The highest BCUT2D eigenvalue weighted by Gasteiger charge is 2.15. The number of nitro groups is 1. The lowest BCUT2D eigenvalue weighted by Crippen LogP contribution is -2.00. The number of hydrogen-bond acceptors (Lipinski definition) is 5. The summed E-state index contributed by atoms with van der Waals surface area (Å²) >= 11 is 11.0. The zero-order valence-electron chi connectivity index (χ0n) is 10.1. The summed E-state index contributed by atoms with van der Waals surface area (Å²) in [5.74, 6) is -0.0995. The Kier molecular flexibility index (Phi) is 5.48. The summed E-state index contributed by atoms with van der Waals surface area (Å²) in [5.41, 5.74) is 0.0244. The molecule has 0 spiro atoms. The van der Waals surface area contributed by atoms with Gasteiger partial charge in [0.05, 0.1) is 4.92 Å². The van der Waals surface area contributed by atoms with Crippen LogP contribution in [0.5, 0.6) is 5.88 Å². The van der Waals surface area contributed by atoms with E-state index in [2.05, 4.69) is 9.97 Å². The second-order valence-corrected chi connectivity index (χ2v) is 4.28. The number of aryl methyl sites for hydroxylation is 1. The van der Waals surface area contributed by atoms with Gasteiger partial charge in [0.15, 0.2) is 5.88 Å². The monoisotopic (exact) mass is 317 g/mol. The van der Waals surface area contributed by atoms with Crippen LogP contribution in [0.4, 0.5) is 5.69 Å². The van der Waals surface area contributed by atoms with Gasteiger partial charge in [-0.1, -0.05) is 29.3 Å². The molecular weight excluding hydrogens is 309 g/mol. The van der Waals surface area contributed by atoms with Crippen molar-refractivity contribution in [2.24, 2.45) is 0 Å². The number of aromatic nitrogens is 2. The fraction of sp³-hybridized carbons (Fsp3) is 0.0909. The van der Waals surface area contributed by atoms with E-state index in [1.165, 1.54) is 24.3 Å². The average molecular weight is 318 g/mol. The molecule has 0 unspecified atom stereocenters. The number of aromatic amines is 1. The first-order valence-electron chi connectivity index (χ1n) is 5.16. The van der Waals surface area contributed by atoms with Crippen LogP contribution in [0.15, 0.2) is 29.1 Å². The lowest BCUT2D eigenvalue weighted by atomic mass is 10.3. The molecule has 0 bridgehead atoms. The van der Waals surface area contributed by atoms with Gasteiger partial charge in [-0.3, -0.25) is 19.9 Å². The SMILES string of the molecule is Cc1cc([N+](=O)[O-])c(Cl)nc1Cl.O=c1cccc(O)[nH]1. The van der Waals surface area contributed by atoms with Crippen LogP contribution in [0.3, 0.4) is 0 Å². The van der Waals surface area contributed by atoms with Crippen molar-refractivity contribution in [1.29, 1.82) is 0 Å². The van der Waals surface area contributed by atoms with Crippen molar-refractivity contribution in [1.82, 2.24) is 9.97 Å². The third-order valence-corrected chi connectivity index (χ3v) is 2.70. The molecule has 0 aliphatic carbocycles. The predicted molar refractivity (Wildman–Crippen MR) is 74.4 cm³/mol. The van der Waals surface area contributed by atoms with E-state index in [0.717, 1.165) is 0 Å². The molecule has 2 heterocycles. The number of nitrogens with zero attached hydrogens (tertiary/aromatic N) is 2. The zero-order chi connectivity index (χ0) is 15.3. The van der Waals surface area contributed by atoms with Gasteiger partial charge in [0, 0.05) is 12.1 Å². The van der Waals surface area contributed by atoms with Crippen molar-refractivity contribution >= 4 is 28.9 Å². The highest BCUT2D eigenvalue weighted by molar-refractivity contribution is 6.34. The first-order valence-corrected chi connectivity index (χ1v) is 5.92. The Morgan fingerprint density at radius 3 is 2.45 bits per heavy atom. The Balaban J connectivity index is 0.000000217. The van der Waals surface area contributed by atoms with E-state index in [0.29, 0.717) is 5.56 Å². The molecule has 0 fully saturated rings. The highest BCUT2D eigenvalue weighted by Crippen LogP contribution is 2.26. The number of rotatable bonds is 1. The van der Waals surface area contributed by atoms with Crippen molar-refractivity contribution < 1.29 is 10.0 Å². The number of aromatic hydroxyl groups is 1. The van der Waals surface area contributed by atoms with E-state index in [9.17, 15) is 14.9 Å². The van der Waals surface area contributed by atoms with Crippen LogP contribution in [-0.4, -0.2) is 20.0 Å². The molecule has 0 atom stereocenters. The van der Waals surface area contributed by atoms with E-state index in [-0.39, 0.29) is 27.4 Å². The standard InChI is InChI=1S/C6H4Cl2N2O2.C5H5NO2/c1-3-2-4(10(11)12)6(8)9-5(3)7;7-4-2-1-3-5(8)6-4/h2H,1H3;1-3H,(H2,6,7,8). The zero-order valence-corrected chi connectivity index (χ0v) is 11.6. The van der Waals surface area contributed by atoms with Crippen LogP contribution in [0.25, 0.3) is 0 Å². The van der Waals surface area contributed by atoms with Gasteiger partial charge in [-0.15, -0.1) is 0 Å². The molecule has 20 heavy (non-hydrogen) atoms. The molecule has 9 heteroatoms. The number of nitrogens with one attached hydrogen (secondary N) is 1. The van der Waals surface area contributed by atoms with Crippen LogP contribution in [0, 0.1) is 17.0 Å². The summed E-state index contributed by atoms with van der Waals surface area (Å²) in [5, 5.41) is 18.9. The molecule has 0 aliphatic heterocycles. The highest BCUT2D eigenvalue weighted by atomic mass is 35.5. The summed E-state index contributed by atoms with van der Waals surface area (Å²) in [7, 11) is 0. The van der Waals surface area contributed by atoms with Gasteiger partial charge in [-0.2, -0.15) is 0 Å². The second kappa shape index (κ2) is 6.88. The third kappa shape index (κ3) is 4.52. The quantitative estimate of drug-likeness (QED) is 0.477. The normalized spacial score (nSPS) is 9.55. The van der Waals surface area contributed by atoms with Gasteiger partial charge in [-0.05, 0) is 18.6 Å². The van der Waals surface area contributed by atoms with Gasteiger partial charge in [0.2, 0.25) is 5.15 Å². The summed E-state index contributed by atoms with van der Waals surface area (Å²) in [6.07, 6.45) is 0. The molecule has 2 rings (SSSR count). The Morgan fingerprint density at radius 1 is 1.35 bits per heavy atom. The maximum absolute atomic E-state index is 10.3. The minimum atomic E-state index is -0.599. The van der Waals surface area contributed by atoms with Crippen molar-refractivity contribution in [3.63, 3.8) is 0 Å². The summed E-state index contributed by atoms with van der Waals surface area (Å²) < 4.78 is 0. The van der Waals surface area contributed by atoms with Crippen molar-refractivity contribution in [3.05, 3.63) is 60.6 Å². The largest absolute Gasteiger partial charge is 0.495 e. The molecule has 2 aromatic heterocycles. The second-order valence-electron chi connectivity index (χ2n) is 3.56. The Labute approximate surface area is 123 Å². The Hall–Kier alpha value is -2.12. The topological polar surface area (TPSA) is 109 Å². The molecule has 2 aromatic rings. The van der Waals surface area contributed by atoms with E-state index in [4.69, 9.17) is 28.3 Å². The first kappa shape index (κ1) is 15.9. The van der Waals surface area contributed by atoms with Crippen molar-refractivity contribution in [2.45, 2.75) is 6.92 Å². The van der Waals surface area contributed by atoms with E-state index >= 15 is 0 Å². The molecule has 0 aromatic carbocycles. The van der Waals surface area contributed by atoms with Gasteiger partial charge in [0.25, 0.3) is 5.56 Å². The molecule has 0 saturated heterocycles. The van der Waals surface area contributed by atoms with Crippen molar-refractivity contribution in [2.75, 3.05) is 0 Å². The minimum absolute atomic E-state index is 0.0995. The molecule has 0 aliphatic rings. The van der Waals surface area contributed by atoms with E-state index < -0.39 is 4.92 Å². The lowest BCUT2D eigenvalue weighted by molar-refractivity contribution is -0.385. The number of halogens is 2. The number of hydrogen-bond donors (Lipinski definition) is 2. The molecule has 2 N–H and O–H groups in total. The average Bonchev–Trinajstić information content (AvgIpc) is 2.34. The molecule has 7 nitrogen and oxygen atoms in total. The number of H-pyrrole nitrogens is 1. The van der Waals surface area contributed by atoms with Crippen LogP contribution in [-0.2, 0) is 0 Å². The summed E-state index contributed by atoms with van der Waals surface area (Å²) in [4.78, 5) is 25.8. The molecular formula is C11H9Cl2N3O4. The first-order chi connectivity index (χ1) is 9.31. The Bertz CT molecular complexity index is 688. The van der Waals surface area contributed by atoms with Gasteiger partial charge >= 0.3 is 5.69 Å². The Morgan fingerprint density at radius 2 is 2.00 bits per heavy atom. The molecule has 106 valence electrons. The lowest BCUT2D eigenvalue weighted by Gasteiger charge is -1.97. The predicted octanol–water partition coefficient (Wildman–Crippen LogP) is 2.69. The third-order valence-electron chi connectivity index (χ3n) is 2.04. The summed E-state index contributed by atoms with van der Waals surface area (Å²) in [6.45, 7) is 1.62. The van der Waals surface area contributed by atoms with Crippen LogP contribution >= 0.6 is 23.2 Å². The maximum Gasteiger partial charge on any atom is 0.306 e. The van der Waals surface area contributed by atoms with Gasteiger partial charge in [-0.25, -0.2) is 4.98 Å². The van der Waals surface area contributed by atoms with Crippen LogP contribution < -0.4 is 5.56 Å². The fourth-order valence-electron chi connectivity index (χ4n) is 1.12. The van der Waals surface area contributed by atoms with E-state index in [1.54, 1.807) is 6.92 Å². The minimum Gasteiger partial charge on any atom is -0.495 e. The van der Waals surface area contributed by atoms with Gasteiger partial charge < -0.3 is 5.11 Å². The molecule has 0 amide bonds. The van der Waals surface area contributed by atoms with Crippen LogP contribution in [0.1, 0.15) is 5.56 Å². The number of pyridine rings is 2. The smallest absolute Gasteiger partial charge is 0.306 e. The van der Waals surface area contributed by atoms with E-state index in [1.807, 2.05) is 0 Å². The maximum atomic E-state index is 10.3. The summed E-state index contributed by atoms with van der Waals surface area (Å²) in [6, 6.07) is 5.51. The fourth-order valence-corrected chi connectivity index (χ4v) is 1.51. The molecule has 0 radical (unpaired) electrons. The molecule has 0 saturated carbocycles. The van der Waals surface area contributed by atoms with Gasteiger partial charge in [0.1, 0.15) is 5.15 Å². The van der Waals surface area contributed by atoms with Crippen molar-refractivity contribution in [3.8, 4) is 5.88 Å².